The minimum atomic E-state index is -5.06. The molecule has 62 heavy (non-hydrogen) atoms. The van der Waals surface area contributed by atoms with Crippen molar-refractivity contribution in [2.45, 2.75) is 256 Å². The third kappa shape index (κ3) is 34.0. The van der Waals surface area contributed by atoms with Crippen molar-refractivity contribution < 1.29 is 56.2 Å². The fraction of sp³-hybridized carbons (Fsp3) is 0.898. The summed E-state index contributed by atoms with van der Waals surface area (Å²) in [5.41, 5.74) is 0. The maximum absolute atomic E-state index is 12.9. The Labute approximate surface area is 378 Å². The first-order chi connectivity index (χ1) is 30.1. The highest BCUT2D eigenvalue weighted by Crippen LogP contribution is 2.26. The van der Waals surface area contributed by atoms with Gasteiger partial charge in [-0.3, -0.25) is 9.35 Å². The SMILES string of the molecule is CCCCCCCCC/C=C\CCCCCCCCCCOCC(COC1OC(CO)C(O)C(OS(=O)(=O)O)C1O)OC(=O)CCCCCCC/C=C\CCCCCCCCC. The van der Waals surface area contributed by atoms with Crippen molar-refractivity contribution >= 4 is 16.4 Å². The molecule has 1 saturated heterocycles. The Balaban J connectivity index is 2.38. The highest BCUT2D eigenvalue weighted by molar-refractivity contribution is 7.80. The van der Waals surface area contributed by atoms with Gasteiger partial charge in [0.1, 0.15) is 30.5 Å². The maximum Gasteiger partial charge on any atom is 0.397 e. The standard InChI is InChI=1S/C49H92O12S/c1-3-5-7-9-11-13-15-17-19-21-22-23-25-27-29-31-33-35-37-39-57-41-43(42-58-49-47(53)48(61-62(54,55)56)46(52)44(40-50)60-49)59-45(51)38-36-34-32-30-28-26-24-20-18-16-14-12-10-8-6-4-2/h19-21,24,43-44,46-50,52-53H,3-18,22-23,25-42H2,1-2H3,(H,54,55,56)/b21-19-,24-20-. The molecular weight excluding hydrogens is 813 g/mol. The minimum absolute atomic E-state index is 0.0333. The Kier molecular flexibility index (Phi) is 38.8. The average molecular weight is 905 g/mol. The van der Waals surface area contributed by atoms with E-state index in [-0.39, 0.29) is 19.6 Å². The Morgan fingerprint density at radius 2 is 1.02 bits per heavy atom. The summed E-state index contributed by atoms with van der Waals surface area (Å²) >= 11 is 0. The molecule has 12 nitrogen and oxygen atoms in total. The zero-order chi connectivity index (χ0) is 45.4. The van der Waals surface area contributed by atoms with Crippen LogP contribution in [-0.4, -0.2) is 97.5 Å². The van der Waals surface area contributed by atoms with Gasteiger partial charge in [0.05, 0.1) is 19.8 Å². The van der Waals surface area contributed by atoms with E-state index in [1.807, 2.05) is 0 Å². The van der Waals surface area contributed by atoms with Crippen LogP contribution in [0.15, 0.2) is 24.3 Å². The number of carbonyl (C=O) groups excluding carboxylic acids is 1. The van der Waals surface area contributed by atoms with Gasteiger partial charge in [-0.1, -0.05) is 173 Å². The molecule has 1 heterocycles. The number of aliphatic hydroxyl groups excluding tert-OH is 3. The average Bonchev–Trinajstić information content (AvgIpc) is 3.24. The molecule has 13 heteroatoms. The largest absolute Gasteiger partial charge is 0.457 e. The number of hydrogen-bond acceptors (Lipinski definition) is 11. The number of hydrogen-bond donors (Lipinski definition) is 4. The summed E-state index contributed by atoms with van der Waals surface area (Å²) in [6.45, 7) is 3.99. The van der Waals surface area contributed by atoms with Crippen molar-refractivity contribution in [3.8, 4) is 0 Å². The van der Waals surface area contributed by atoms with Crippen LogP contribution in [0.4, 0.5) is 0 Å². The summed E-state index contributed by atoms with van der Waals surface area (Å²) in [5, 5.41) is 30.7. The molecule has 0 aromatic rings. The second kappa shape index (κ2) is 41.0. The van der Waals surface area contributed by atoms with Crippen LogP contribution in [0.2, 0.25) is 0 Å². The third-order valence-electron chi connectivity index (χ3n) is 11.5. The zero-order valence-corrected chi connectivity index (χ0v) is 40.0. The maximum atomic E-state index is 12.9. The number of carbonyl (C=O) groups is 1. The van der Waals surface area contributed by atoms with Gasteiger partial charge in [0, 0.05) is 13.0 Å². The predicted octanol–water partition coefficient (Wildman–Crippen LogP) is 11.2. The molecule has 4 N–H and O–H groups in total. The van der Waals surface area contributed by atoms with Gasteiger partial charge >= 0.3 is 16.4 Å². The molecule has 0 aliphatic carbocycles. The zero-order valence-electron chi connectivity index (χ0n) is 39.2. The van der Waals surface area contributed by atoms with Crippen LogP contribution in [0.25, 0.3) is 0 Å². The van der Waals surface area contributed by atoms with E-state index in [1.165, 1.54) is 135 Å². The first-order valence-electron chi connectivity index (χ1n) is 25.1. The Morgan fingerprint density at radius 1 is 0.597 bits per heavy atom. The molecule has 0 aromatic heterocycles. The molecule has 6 atom stereocenters. The number of unbranched alkanes of at least 4 members (excludes halogenated alkanes) is 27. The Bertz CT molecular complexity index is 1180. The molecule has 1 aliphatic heterocycles. The van der Waals surface area contributed by atoms with Crippen LogP contribution in [0.3, 0.4) is 0 Å². The van der Waals surface area contributed by atoms with E-state index in [4.69, 9.17) is 18.9 Å². The number of allylic oxidation sites excluding steroid dienone is 4. The van der Waals surface area contributed by atoms with Crippen LogP contribution < -0.4 is 0 Å². The Morgan fingerprint density at radius 3 is 1.45 bits per heavy atom. The first-order valence-corrected chi connectivity index (χ1v) is 26.5. The summed E-state index contributed by atoms with van der Waals surface area (Å²) in [6.07, 6.45) is 37.8. The van der Waals surface area contributed by atoms with Crippen LogP contribution in [-0.2, 0) is 38.3 Å². The van der Waals surface area contributed by atoms with E-state index < -0.39 is 59.8 Å². The molecular formula is C49H92O12S. The van der Waals surface area contributed by atoms with Crippen molar-refractivity contribution in [2.75, 3.05) is 26.4 Å². The van der Waals surface area contributed by atoms with Crippen molar-refractivity contribution in [3.63, 3.8) is 0 Å². The third-order valence-corrected chi connectivity index (χ3v) is 12.0. The summed E-state index contributed by atoms with van der Waals surface area (Å²) in [4.78, 5) is 12.9. The molecule has 1 rings (SSSR count). The number of ether oxygens (including phenoxy) is 4. The smallest absolute Gasteiger partial charge is 0.397 e. The van der Waals surface area contributed by atoms with Crippen molar-refractivity contribution in [1.82, 2.24) is 0 Å². The van der Waals surface area contributed by atoms with Crippen molar-refractivity contribution in [1.29, 1.82) is 0 Å². The number of esters is 1. The van der Waals surface area contributed by atoms with Crippen LogP contribution in [0, 0.1) is 0 Å². The molecule has 0 aromatic carbocycles. The highest BCUT2D eigenvalue weighted by atomic mass is 32.3. The summed E-state index contributed by atoms with van der Waals surface area (Å²) in [6, 6.07) is 0. The van der Waals surface area contributed by atoms with Crippen molar-refractivity contribution in [3.05, 3.63) is 24.3 Å². The summed E-state index contributed by atoms with van der Waals surface area (Å²) in [5.74, 6) is -0.406. The lowest BCUT2D eigenvalue weighted by Crippen LogP contribution is -2.60. The van der Waals surface area contributed by atoms with Gasteiger partial charge in [-0.15, -0.1) is 0 Å². The van der Waals surface area contributed by atoms with E-state index in [1.54, 1.807) is 0 Å². The van der Waals surface area contributed by atoms with E-state index in [0.717, 1.165) is 57.8 Å². The van der Waals surface area contributed by atoms with Gasteiger partial charge in [-0.25, -0.2) is 4.18 Å². The normalized spacial score (nSPS) is 20.1. The first kappa shape index (κ1) is 58.6. The van der Waals surface area contributed by atoms with E-state index in [2.05, 4.69) is 42.3 Å². The van der Waals surface area contributed by atoms with Crippen molar-refractivity contribution in [2.24, 2.45) is 0 Å². The monoisotopic (exact) mass is 905 g/mol. The molecule has 366 valence electrons. The van der Waals surface area contributed by atoms with Crippen LogP contribution >= 0.6 is 0 Å². The van der Waals surface area contributed by atoms with Crippen LogP contribution in [0.1, 0.15) is 219 Å². The topological polar surface area (TPSA) is 178 Å². The van der Waals surface area contributed by atoms with Gasteiger partial charge in [-0.05, 0) is 64.2 Å². The molecule has 0 spiro atoms. The number of rotatable bonds is 44. The van der Waals surface area contributed by atoms with Gasteiger partial charge in [-0.2, -0.15) is 8.42 Å². The van der Waals surface area contributed by atoms with E-state index in [0.29, 0.717) is 13.0 Å². The lowest BCUT2D eigenvalue weighted by molar-refractivity contribution is -0.301. The van der Waals surface area contributed by atoms with E-state index >= 15 is 0 Å². The molecule has 0 saturated carbocycles. The number of aliphatic hydroxyl groups is 3. The second-order valence-electron chi connectivity index (χ2n) is 17.4. The summed E-state index contributed by atoms with van der Waals surface area (Å²) < 4.78 is 59.2. The molecule has 1 fully saturated rings. The molecule has 6 unspecified atom stereocenters. The lowest BCUT2D eigenvalue weighted by Gasteiger charge is -2.41. The molecule has 0 radical (unpaired) electrons. The molecule has 0 bridgehead atoms. The van der Waals surface area contributed by atoms with Gasteiger partial charge in [0.25, 0.3) is 0 Å². The predicted molar refractivity (Wildman–Crippen MR) is 248 cm³/mol. The molecule has 1 aliphatic rings. The fourth-order valence-electron chi connectivity index (χ4n) is 7.72. The van der Waals surface area contributed by atoms with Gasteiger partial charge < -0.3 is 34.3 Å². The Hall–Kier alpha value is -1.42. The summed E-state index contributed by atoms with van der Waals surface area (Å²) in [7, 11) is -5.06. The highest BCUT2D eigenvalue weighted by Gasteiger charge is 2.48. The lowest BCUT2D eigenvalue weighted by atomic mass is 9.99. The molecule has 0 amide bonds. The quantitative estimate of drug-likeness (QED) is 0.0197. The second-order valence-corrected chi connectivity index (χ2v) is 18.4. The minimum Gasteiger partial charge on any atom is -0.457 e. The fourth-order valence-corrected chi connectivity index (χ4v) is 8.23. The van der Waals surface area contributed by atoms with E-state index in [9.17, 15) is 33.1 Å². The van der Waals surface area contributed by atoms with Gasteiger partial charge in [0.2, 0.25) is 0 Å². The van der Waals surface area contributed by atoms with Crippen LogP contribution in [0.5, 0.6) is 0 Å². The van der Waals surface area contributed by atoms with Gasteiger partial charge in [0.15, 0.2) is 6.29 Å².